The Morgan fingerprint density at radius 1 is 1.29 bits per heavy atom. The summed E-state index contributed by atoms with van der Waals surface area (Å²) >= 11 is 1.39. The van der Waals surface area contributed by atoms with Crippen LogP contribution < -0.4 is 0 Å². The van der Waals surface area contributed by atoms with E-state index in [2.05, 4.69) is 10.1 Å². The van der Waals surface area contributed by atoms with Crippen LogP contribution in [0.15, 0.2) is 42.0 Å². The van der Waals surface area contributed by atoms with Crippen molar-refractivity contribution in [3.05, 3.63) is 57.7 Å². The van der Waals surface area contributed by atoms with E-state index in [1.54, 1.807) is 29.9 Å². The molecule has 7 nitrogen and oxygen atoms in total. The molecule has 0 aliphatic carbocycles. The van der Waals surface area contributed by atoms with Gasteiger partial charge in [0.25, 0.3) is 5.69 Å². The first-order valence-corrected chi connectivity index (χ1v) is 6.76. The molecule has 21 heavy (non-hydrogen) atoms. The molecule has 104 valence electrons. The van der Waals surface area contributed by atoms with Crippen LogP contribution in [0.25, 0.3) is 16.4 Å². The molecule has 3 aromatic rings. The predicted molar refractivity (Wildman–Crippen MR) is 76.7 cm³/mol. The molecule has 0 spiro atoms. The first kappa shape index (κ1) is 13.1. The van der Waals surface area contributed by atoms with Crippen LogP contribution >= 0.6 is 11.3 Å². The smallest absolute Gasteiger partial charge is 0.269 e. The van der Waals surface area contributed by atoms with Crippen LogP contribution in [0.1, 0.15) is 10.4 Å². The van der Waals surface area contributed by atoms with Crippen molar-refractivity contribution in [2.45, 2.75) is 0 Å². The molecule has 0 amide bonds. The van der Waals surface area contributed by atoms with Gasteiger partial charge in [-0.1, -0.05) is 0 Å². The first-order valence-electron chi connectivity index (χ1n) is 5.88. The fourth-order valence-electron chi connectivity index (χ4n) is 1.84. The maximum atomic E-state index is 11.1. The number of carbonyl (C=O) groups is 1. The van der Waals surface area contributed by atoms with Crippen molar-refractivity contribution < 1.29 is 9.72 Å². The quantitative estimate of drug-likeness (QED) is 0.419. The molecule has 0 aliphatic heterocycles. The average molecular weight is 300 g/mol. The summed E-state index contributed by atoms with van der Waals surface area (Å²) in [5, 5.41) is 17.4. The molecule has 0 unspecified atom stereocenters. The number of aromatic nitrogens is 3. The minimum Gasteiger partial charge on any atom is -0.298 e. The number of rotatable bonds is 4. The third-order valence-corrected chi connectivity index (χ3v) is 3.61. The minimum absolute atomic E-state index is 0.00154. The maximum Gasteiger partial charge on any atom is 0.269 e. The van der Waals surface area contributed by atoms with E-state index in [0.717, 1.165) is 0 Å². The average Bonchev–Trinajstić information content (AvgIpc) is 3.16. The number of nitrogens with zero attached hydrogens (tertiary/aromatic N) is 4. The van der Waals surface area contributed by atoms with Crippen LogP contribution in [0, 0.1) is 10.1 Å². The Kier molecular flexibility index (Phi) is 3.28. The summed E-state index contributed by atoms with van der Waals surface area (Å²) in [7, 11) is 0. The standard InChI is InChI=1S/C13H8N4O3S/c18-8-9-7-16(15-12(9)13-14-5-6-21-13)10-1-3-11(4-2-10)17(19)20/h1-8H. The first-order chi connectivity index (χ1) is 10.2. The lowest BCUT2D eigenvalue weighted by Crippen LogP contribution is -1.95. The van der Waals surface area contributed by atoms with E-state index in [0.29, 0.717) is 28.2 Å². The van der Waals surface area contributed by atoms with Crippen molar-refractivity contribution in [1.82, 2.24) is 14.8 Å². The minimum atomic E-state index is -0.468. The number of nitro benzene ring substituents is 1. The number of hydrogen-bond acceptors (Lipinski definition) is 6. The molecule has 2 aromatic heterocycles. The van der Waals surface area contributed by atoms with E-state index in [1.165, 1.54) is 28.2 Å². The second-order valence-corrected chi connectivity index (χ2v) is 5.00. The van der Waals surface area contributed by atoms with Crippen molar-refractivity contribution in [3.63, 3.8) is 0 Å². The van der Waals surface area contributed by atoms with Crippen LogP contribution in [0.5, 0.6) is 0 Å². The third kappa shape index (κ3) is 2.43. The summed E-state index contributed by atoms with van der Waals surface area (Å²) in [6.45, 7) is 0. The van der Waals surface area contributed by atoms with Gasteiger partial charge >= 0.3 is 0 Å². The van der Waals surface area contributed by atoms with E-state index in [1.807, 2.05) is 0 Å². The van der Waals surface area contributed by atoms with E-state index >= 15 is 0 Å². The number of aldehydes is 1. The lowest BCUT2D eigenvalue weighted by atomic mass is 10.3. The SMILES string of the molecule is O=Cc1cn(-c2ccc([N+](=O)[O-])cc2)nc1-c1nccs1. The van der Waals surface area contributed by atoms with Crippen molar-refractivity contribution in [1.29, 1.82) is 0 Å². The molecule has 1 aromatic carbocycles. The van der Waals surface area contributed by atoms with E-state index < -0.39 is 4.92 Å². The number of thiazole rings is 1. The zero-order chi connectivity index (χ0) is 14.8. The lowest BCUT2D eigenvalue weighted by molar-refractivity contribution is -0.384. The highest BCUT2D eigenvalue weighted by molar-refractivity contribution is 7.13. The zero-order valence-corrected chi connectivity index (χ0v) is 11.4. The molecule has 0 radical (unpaired) electrons. The topological polar surface area (TPSA) is 90.9 Å². The molecule has 0 saturated carbocycles. The molecular formula is C13H8N4O3S. The van der Waals surface area contributed by atoms with Gasteiger partial charge in [-0.25, -0.2) is 9.67 Å². The summed E-state index contributed by atoms with van der Waals surface area (Å²) < 4.78 is 1.50. The van der Waals surface area contributed by atoms with Gasteiger partial charge < -0.3 is 0 Å². The van der Waals surface area contributed by atoms with Crippen LogP contribution in [0.3, 0.4) is 0 Å². The number of non-ortho nitro benzene ring substituents is 1. The molecule has 0 aliphatic rings. The number of nitro groups is 1. The van der Waals surface area contributed by atoms with Gasteiger partial charge in [0.2, 0.25) is 0 Å². The predicted octanol–water partition coefficient (Wildman–Crippen LogP) is 2.72. The second kappa shape index (κ2) is 5.25. The Bertz CT molecular complexity index is 793. The van der Waals surface area contributed by atoms with Gasteiger partial charge in [-0.2, -0.15) is 5.10 Å². The van der Waals surface area contributed by atoms with Gasteiger partial charge in [-0.3, -0.25) is 14.9 Å². The molecule has 0 saturated heterocycles. The van der Waals surface area contributed by atoms with Crippen molar-refractivity contribution in [2.75, 3.05) is 0 Å². The van der Waals surface area contributed by atoms with Gasteiger partial charge in [0.1, 0.15) is 10.7 Å². The van der Waals surface area contributed by atoms with Crippen LogP contribution in [0.2, 0.25) is 0 Å². The fraction of sp³-hybridized carbons (Fsp3) is 0. The Morgan fingerprint density at radius 2 is 2.05 bits per heavy atom. The highest BCUT2D eigenvalue weighted by Gasteiger charge is 2.14. The normalized spacial score (nSPS) is 10.5. The molecular weight excluding hydrogens is 292 g/mol. The summed E-state index contributed by atoms with van der Waals surface area (Å²) in [6.07, 6.45) is 3.93. The number of carbonyl (C=O) groups excluding carboxylic acids is 1. The molecule has 8 heteroatoms. The summed E-state index contributed by atoms with van der Waals surface area (Å²) in [5.74, 6) is 0. The van der Waals surface area contributed by atoms with E-state index in [9.17, 15) is 14.9 Å². The Balaban J connectivity index is 2.03. The van der Waals surface area contributed by atoms with Crippen molar-refractivity contribution >= 4 is 23.3 Å². The molecule has 3 rings (SSSR count). The van der Waals surface area contributed by atoms with Crippen molar-refractivity contribution in [3.8, 4) is 16.4 Å². The van der Waals surface area contributed by atoms with E-state index in [-0.39, 0.29) is 5.69 Å². The third-order valence-electron chi connectivity index (χ3n) is 2.83. The van der Waals surface area contributed by atoms with Gasteiger partial charge in [-0.15, -0.1) is 11.3 Å². The van der Waals surface area contributed by atoms with Gasteiger partial charge in [0.15, 0.2) is 6.29 Å². The summed E-state index contributed by atoms with van der Waals surface area (Å²) in [4.78, 5) is 25.4. The highest BCUT2D eigenvalue weighted by Crippen LogP contribution is 2.24. The van der Waals surface area contributed by atoms with E-state index in [4.69, 9.17) is 0 Å². The molecule has 0 fully saturated rings. The zero-order valence-electron chi connectivity index (χ0n) is 10.5. The lowest BCUT2D eigenvalue weighted by Gasteiger charge is -2.00. The van der Waals surface area contributed by atoms with Gasteiger partial charge in [0.05, 0.1) is 16.2 Å². The van der Waals surface area contributed by atoms with Gasteiger partial charge in [-0.05, 0) is 12.1 Å². The fourth-order valence-corrected chi connectivity index (χ4v) is 2.48. The molecule has 0 N–H and O–H groups in total. The van der Waals surface area contributed by atoms with Gasteiger partial charge in [0, 0.05) is 29.9 Å². The number of benzene rings is 1. The largest absolute Gasteiger partial charge is 0.298 e. The van der Waals surface area contributed by atoms with Crippen molar-refractivity contribution in [2.24, 2.45) is 0 Å². The number of hydrogen-bond donors (Lipinski definition) is 0. The highest BCUT2D eigenvalue weighted by atomic mass is 32.1. The monoisotopic (exact) mass is 300 g/mol. The van der Waals surface area contributed by atoms with Crippen LogP contribution in [0.4, 0.5) is 5.69 Å². The molecule has 0 atom stereocenters. The summed E-state index contributed by atoms with van der Waals surface area (Å²) in [6, 6.07) is 5.93. The van der Waals surface area contributed by atoms with Crippen LogP contribution in [-0.2, 0) is 0 Å². The Hall–Kier alpha value is -2.87. The Labute approximate surface area is 122 Å². The summed E-state index contributed by atoms with van der Waals surface area (Å²) in [5.41, 5.74) is 1.55. The molecule has 2 heterocycles. The van der Waals surface area contributed by atoms with Crippen LogP contribution in [-0.4, -0.2) is 26.0 Å². The second-order valence-electron chi connectivity index (χ2n) is 4.11. The molecule has 0 bridgehead atoms. The Morgan fingerprint density at radius 3 is 2.62 bits per heavy atom. The maximum absolute atomic E-state index is 11.1.